The Morgan fingerprint density at radius 1 is 1.50 bits per heavy atom. The van der Waals surface area contributed by atoms with Crippen LogP contribution < -0.4 is 5.73 Å². The van der Waals surface area contributed by atoms with Gasteiger partial charge in [-0.25, -0.2) is 0 Å². The Kier molecular flexibility index (Phi) is 3.93. The van der Waals surface area contributed by atoms with Gasteiger partial charge in [-0.1, -0.05) is 30.7 Å². The number of aliphatic hydroxyl groups is 1. The van der Waals surface area contributed by atoms with Crippen molar-refractivity contribution in [1.29, 1.82) is 0 Å². The summed E-state index contributed by atoms with van der Waals surface area (Å²) < 4.78 is 0. The van der Waals surface area contributed by atoms with Crippen molar-refractivity contribution >= 4 is 11.6 Å². The van der Waals surface area contributed by atoms with E-state index in [1.165, 1.54) is 0 Å². The fourth-order valence-corrected chi connectivity index (χ4v) is 1.67. The van der Waals surface area contributed by atoms with Crippen LogP contribution in [0.4, 0.5) is 0 Å². The van der Waals surface area contributed by atoms with Gasteiger partial charge < -0.3 is 10.8 Å². The topological polar surface area (TPSA) is 46.2 Å². The van der Waals surface area contributed by atoms with Gasteiger partial charge in [0.2, 0.25) is 0 Å². The maximum absolute atomic E-state index is 8.98. The van der Waals surface area contributed by atoms with Crippen LogP contribution >= 0.6 is 11.6 Å². The highest BCUT2D eigenvalue weighted by molar-refractivity contribution is 6.30. The zero-order chi connectivity index (χ0) is 10.6. The third-order valence-electron chi connectivity index (χ3n) is 2.64. The Hall–Kier alpha value is -0.570. The largest absolute Gasteiger partial charge is 0.396 e. The summed E-state index contributed by atoms with van der Waals surface area (Å²) in [5, 5.41) is 9.68. The van der Waals surface area contributed by atoms with Crippen molar-refractivity contribution in [3.8, 4) is 0 Å². The van der Waals surface area contributed by atoms with E-state index in [9.17, 15) is 0 Å². The van der Waals surface area contributed by atoms with Crippen molar-refractivity contribution in [1.82, 2.24) is 0 Å². The molecule has 0 heterocycles. The monoisotopic (exact) mass is 213 g/mol. The molecule has 0 saturated heterocycles. The molecule has 0 saturated carbocycles. The molecule has 0 radical (unpaired) electrons. The number of rotatable bonds is 4. The number of nitrogens with two attached hydrogens (primary N) is 1. The molecule has 78 valence electrons. The smallest absolute Gasteiger partial charge is 0.0439 e. The predicted octanol–water partition coefficient (Wildman–Crippen LogP) is 1.94. The molecule has 0 aromatic heterocycles. The van der Waals surface area contributed by atoms with Crippen molar-refractivity contribution in [3.63, 3.8) is 0 Å². The number of hydrogen-bond acceptors (Lipinski definition) is 2. The molecule has 1 atom stereocenters. The molecule has 1 aromatic rings. The first-order valence-corrected chi connectivity index (χ1v) is 5.07. The fraction of sp³-hybridized carbons (Fsp3) is 0.455. The van der Waals surface area contributed by atoms with Crippen molar-refractivity contribution in [2.75, 3.05) is 13.2 Å². The molecule has 2 nitrogen and oxygen atoms in total. The molecule has 0 aliphatic rings. The summed E-state index contributed by atoms with van der Waals surface area (Å²) in [6, 6.07) is 7.64. The number of halogens is 1. The van der Waals surface area contributed by atoms with Gasteiger partial charge in [-0.3, -0.25) is 0 Å². The first-order chi connectivity index (χ1) is 6.62. The number of hydrogen-bond donors (Lipinski definition) is 2. The van der Waals surface area contributed by atoms with E-state index in [1.807, 2.05) is 31.2 Å². The van der Waals surface area contributed by atoms with E-state index in [1.54, 1.807) is 0 Å². The van der Waals surface area contributed by atoms with Crippen LogP contribution in [0, 0.1) is 0 Å². The van der Waals surface area contributed by atoms with Gasteiger partial charge >= 0.3 is 0 Å². The van der Waals surface area contributed by atoms with E-state index in [4.69, 9.17) is 22.4 Å². The quantitative estimate of drug-likeness (QED) is 0.803. The van der Waals surface area contributed by atoms with Crippen LogP contribution in [0.5, 0.6) is 0 Å². The van der Waals surface area contributed by atoms with Crippen LogP contribution in [0.25, 0.3) is 0 Å². The second-order valence-corrected chi connectivity index (χ2v) is 4.19. The molecule has 1 unspecified atom stereocenters. The summed E-state index contributed by atoms with van der Waals surface area (Å²) in [6.07, 6.45) is 0.657. The first-order valence-electron chi connectivity index (χ1n) is 4.69. The lowest BCUT2D eigenvalue weighted by Gasteiger charge is -2.27. The molecule has 14 heavy (non-hydrogen) atoms. The van der Waals surface area contributed by atoms with Gasteiger partial charge in [-0.2, -0.15) is 0 Å². The Morgan fingerprint density at radius 2 is 2.21 bits per heavy atom. The highest BCUT2D eigenvalue weighted by Crippen LogP contribution is 2.27. The zero-order valence-electron chi connectivity index (χ0n) is 8.33. The van der Waals surface area contributed by atoms with Gasteiger partial charge in [0.1, 0.15) is 0 Å². The molecule has 0 aliphatic heterocycles. The molecule has 3 N–H and O–H groups in total. The average molecular weight is 214 g/mol. The summed E-state index contributed by atoms with van der Waals surface area (Å²) in [5.74, 6) is 0. The lowest BCUT2D eigenvalue weighted by Crippen LogP contribution is -2.32. The van der Waals surface area contributed by atoms with Gasteiger partial charge in [0.25, 0.3) is 0 Å². The van der Waals surface area contributed by atoms with E-state index in [0.29, 0.717) is 18.0 Å². The zero-order valence-corrected chi connectivity index (χ0v) is 9.09. The lowest BCUT2D eigenvalue weighted by molar-refractivity contribution is 0.247. The molecule has 3 heteroatoms. The molecular weight excluding hydrogens is 198 g/mol. The van der Waals surface area contributed by atoms with Gasteiger partial charge in [-0.15, -0.1) is 0 Å². The molecule has 0 aliphatic carbocycles. The second kappa shape index (κ2) is 4.78. The van der Waals surface area contributed by atoms with Gasteiger partial charge in [-0.05, 0) is 24.1 Å². The lowest BCUT2D eigenvalue weighted by atomic mass is 9.80. The average Bonchev–Trinajstić information content (AvgIpc) is 2.18. The van der Waals surface area contributed by atoms with Crippen LogP contribution in [-0.2, 0) is 5.41 Å². The van der Waals surface area contributed by atoms with Gasteiger partial charge in [0.05, 0.1) is 0 Å². The van der Waals surface area contributed by atoms with Gasteiger partial charge in [0, 0.05) is 23.6 Å². The molecular formula is C11H16ClNO. The maximum Gasteiger partial charge on any atom is 0.0439 e. The van der Waals surface area contributed by atoms with Crippen LogP contribution in [0.3, 0.4) is 0 Å². The Balaban J connectivity index is 2.99. The Bertz CT molecular complexity index is 303. The minimum Gasteiger partial charge on any atom is -0.396 e. The van der Waals surface area contributed by atoms with E-state index >= 15 is 0 Å². The van der Waals surface area contributed by atoms with E-state index < -0.39 is 0 Å². The highest BCUT2D eigenvalue weighted by atomic mass is 35.5. The summed E-state index contributed by atoms with van der Waals surface area (Å²) in [5.41, 5.74) is 6.62. The second-order valence-electron chi connectivity index (χ2n) is 3.75. The number of aliphatic hydroxyl groups excluding tert-OH is 1. The molecule has 0 amide bonds. The summed E-state index contributed by atoms with van der Waals surface area (Å²) >= 11 is 5.90. The van der Waals surface area contributed by atoms with Crippen LogP contribution in [-0.4, -0.2) is 18.3 Å². The minimum atomic E-state index is -0.181. The highest BCUT2D eigenvalue weighted by Gasteiger charge is 2.24. The third kappa shape index (κ3) is 2.47. The summed E-state index contributed by atoms with van der Waals surface area (Å²) in [7, 11) is 0. The van der Waals surface area contributed by atoms with Crippen molar-refractivity contribution in [3.05, 3.63) is 34.9 Å². The number of benzene rings is 1. The Labute approximate surface area is 89.7 Å². The van der Waals surface area contributed by atoms with Gasteiger partial charge in [0.15, 0.2) is 0 Å². The van der Waals surface area contributed by atoms with Crippen LogP contribution in [0.1, 0.15) is 18.9 Å². The van der Waals surface area contributed by atoms with Crippen molar-refractivity contribution in [2.45, 2.75) is 18.8 Å². The third-order valence-corrected chi connectivity index (χ3v) is 2.87. The Morgan fingerprint density at radius 3 is 2.71 bits per heavy atom. The van der Waals surface area contributed by atoms with E-state index in [-0.39, 0.29) is 12.0 Å². The van der Waals surface area contributed by atoms with Crippen molar-refractivity contribution in [2.24, 2.45) is 5.73 Å². The van der Waals surface area contributed by atoms with E-state index in [0.717, 1.165) is 5.56 Å². The molecule has 0 fully saturated rings. The summed E-state index contributed by atoms with van der Waals surface area (Å²) in [4.78, 5) is 0. The SMILES string of the molecule is CC(CN)(CCO)c1cccc(Cl)c1. The standard InChI is InChI=1S/C11H16ClNO/c1-11(8-13,5-6-14)9-3-2-4-10(12)7-9/h2-4,7,14H,5-6,8,13H2,1H3. The normalized spacial score (nSPS) is 15.1. The summed E-state index contributed by atoms with van der Waals surface area (Å²) in [6.45, 7) is 2.68. The van der Waals surface area contributed by atoms with Crippen LogP contribution in [0.15, 0.2) is 24.3 Å². The molecule has 1 aromatic carbocycles. The van der Waals surface area contributed by atoms with E-state index in [2.05, 4.69) is 0 Å². The van der Waals surface area contributed by atoms with Crippen molar-refractivity contribution < 1.29 is 5.11 Å². The predicted molar refractivity (Wildman–Crippen MR) is 59.6 cm³/mol. The molecule has 0 spiro atoms. The van der Waals surface area contributed by atoms with Crippen LogP contribution in [0.2, 0.25) is 5.02 Å². The molecule has 0 bridgehead atoms. The minimum absolute atomic E-state index is 0.139. The molecule has 1 rings (SSSR count). The first kappa shape index (κ1) is 11.5. The fourth-order valence-electron chi connectivity index (χ4n) is 1.47. The maximum atomic E-state index is 8.98.